The maximum Gasteiger partial charge on any atom is 0.326 e. The third-order valence-electron chi connectivity index (χ3n) is 10.6. The van der Waals surface area contributed by atoms with E-state index in [-0.39, 0.29) is 37.5 Å². The highest BCUT2D eigenvalue weighted by atomic mass is 16.4. The van der Waals surface area contributed by atoms with Crippen molar-refractivity contribution in [1.29, 1.82) is 0 Å². The maximum absolute atomic E-state index is 13.8. The summed E-state index contributed by atoms with van der Waals surface area (Å²) in [5.41, 5.74) is 12.0. The van der Waals surface area contributed by atoms with Crippen molar-refractivity contribution in [3.8, 4) is 5.75 Å². The number of nitrogens with one attached hydrogen (secondary N) is 7. The first-order valence-corrected chi connectivity index (χ1v) is 21.9. The highest BCUT2D eigenvalue weighted by Gasteiger charge is 2.39. The summed E-state index contributed by atoms with van der Waals surface area (Å²) in [6.07, 6.45) is -1.09. The molecule has 1 fully saturated rings. The van der Waals surface area contributed by atoms with E-state index in [1.165, 1.54) is 24.0 Å². The number of amides is 9. The smallest absolute Gasteiger partial charge is 0.326 e. The number of nitrogens with two attached hydrogens (primary N) is 2. The average molecular weight is 947 g/mol. The number of rotatable bonds is 26. The van der Waals surface area contributed by atoms with Crippen LogP contribution >= 0.6 is 0 Å². The number of carbonyl (C=O) groups is 11. The number of carbonyl (C=O) groups excluding carboxylic acids is 9. The highest BCUT2D eigenvalue weighted by molar-refractivity contribution is 5.99. The maximum atomic E-state index is 13.8. The van der Waals surface area contributed by atoms with Crippen LogP contribution in [0.1, 0.15) is 86.1 Å². The van der Waals surface area contributed by atoms with E-state index in [1.807, 2.05) is 0 Å². The van der Waals surface area contributed by atoms with Crippen LogP contribution in [0, 0.1) is 17.8 Å². The number of carboxylic acids is 2. The van der Waals surface area contributed by atoms with Gasteiger partial charge in [0.15, 0.2) is 0 Å². The minimum atomic E-state index is -1.84. The van der Waals surface area contributed by atoms with Crippen LogP contribution in [-0.2, 0) is 59.2 Å². The van der Waals surface area contributed by atoms with Crippen LogP contribution in [-0.4, -0.2) is 147 Å². The predicted molar refractivity (Wildman–Crippen MR) is 238 cm³/mol. The number of phenolic OH excluding ortho intramolecular Hbond substituents is 1. The third kappa shape index (κ3) is 18.5. The first-order valence-electron chi connectivity index (χ1n) is 21.9. The van der Waals surface area contributed by atoms with Gasteiger partial charge in [0.1, 0.15) is 48.0 Å². The summed E-state index contributed by atoms with van der Waals surface area (Å²) >= 11 is 0. The van der Waals surface area contributed by atoms with E-state index in [4.69, 9.17) is 11.5 Å². The SMILES string of the molecule is CC(C)CC(NC(=O)C(CC(=O)O)NC(=O)C(CC(N)=O)NC(=O)C(NC(=O)C(NC(=O)C1CCCN1C(=O)CNC(=O)C(C)NC(=O)C(N)Cc1ccc(O)cc1)C(C)C)C(C)C)C(=O)O. The second kappa shape index (κ2) is 26.3. The van der Waals surface area contributed by atoms with Crippen molar-refractivity contribution in [2.45, 2.75) is 135 Å². The second-order valence-electron chi connectivity index (χ2n) is 17.6. The summed E-state index contributed by atoms with van der Waals surface area (Å²) in [4.78, 5) is 143. The molecule has 0 saturated carbocycles. The molecule has 1 aromatic rings. The van der Waals surface area contributed by atoms with E-state index in [0.717, 1.165) is 0 Å². The van der Waals surface area contributed by atoms with Gasteiger partial charge >= 0.3 is 11.9 Å². The number of carboxylic acid groups (broad SMARTS) is 2. The fourth-order valence-electron chi connectivity index (χ4n) is 6.98. The molecule has 1 heterocycles. The van der Waals surface area contributed by atoms with Crippen LogP contribution < -0.4 is 48.7 Å². The molecule has 14 N–H and O–H groups in total. The van der Waals surface area contributed by atoms with Gasteiger partial charge in [0.05, 0.1) is 25.4 Å². The molecule has 0 aliphatic carbocycles. The fourth-order valence-corrected chi connectivity index (χ4v) is 6.98. The topological polar surface area (TPSA) is 388 Å². The summed E-state index contributed by atoms with van der Waals surface area (Å²) in [5, 5.41) is 45.2. The van der Waals surface area contributed by atoms with Crippen LogP contribution in [0.2, 0.25) is 0 Å². The Hall–Kier alpha value is -6.85. The molecule has 0 radical (unpaired) electrons. The van der Waals surface area contributed by atoms with E-state index >= 15 is 0 Å². The summed E-state index contributed by atoms with van der Waals surface area (Å²) in [7, 11) is 0. The van der Waals surface area contributed by atoms with Crippen LogP contribution in [0.25, 0.3) is 0 Å². The number of aromatic hydroxyl groups is 1. The molecule has 0 aromatic heterocycles. The van der Waals surface area contributed by atoms with E-state index < -0.39 is 145 Å². The highest BCUT2D eigenvalue weighted by Crippen LogP contribution is 2.19. The van der Waals surface area contributed by atoms with E-state index in [9.17, 15) is 68.1 Å². The first kappa shape index (κ1) is 56.3. The second-order valence-corrected chi connectivity index (χ2v) is 17.6. The monoisotopic (exact) mass is 946 g/mol. The zero-order chi connectivity index (χ0) is 50.9. The van der Waals surface area contributed by atoms with Crippen LogP contribution in [0.15, 0.2) is 24.3 Å². The molecule has 1 saturated heterocycles. The van der Waals surface area contributed by atoms with Gasteiger partial charge in [-0.25, -0.2) is 4.79 Å². The molecular formula is C43H66N10O14. The van der Waals surface area contributed by atoms with Gasteiger partial charge in [0, 0.05) is 6.54 Å². The molecule has 1 aliphatic rings. The molecule has 67 heavy (non-hydrogen) atoms. The van der Waals surface area contributed by atoms with Crippen molar-refractivity contribution in [3.05, 3.63) is 29.8 Å². The molecule has 24 nitrogen and oxygen atoms in total. The van der Waals surface area contributed by atoms with E-state index in [1.54, 1.807) is 53.7 Å². The van der Waals surface area contributed by atoms with Crippen molar-refractivity contribution in [1.82, 2.24) is 42.1 Å². The van der Waals surface area contributed by atoms with E-state index in [2.05, 4.69) is 37.2 Å². The Morgan fingerprint density at radius 2 is 1.19 bits per heavy atom. The zero-order valence-electron chi connectivity index (χ0n) is 38.8. The minimum Gasteiger partial charge on any atom is -0.508 e. The van der Waals surface area contributed by atoms with Gasteiger partial charge in [0.2, 0.25) is 53.2 Å². The Balaban J connectivity index is 2.11. The molecule has 1 aliphatic heterocycles. The number of nitrogens with zero attached hydrogens (tertiary/aromatic N) is 1. The largest absolute Gasteiger partial charge is 0.508 e. The Labute approximate surface area is 387 Å². The molecule has 9 amide bonds. The van der Waals surface area contributed by atoms with Crippen molar-refractivity contribution >= 4 is 65.1 Å². The molecule has 8 atom stereocenters. The van der Waals surface area contributed by atoms with Crippen molar-refractivity contribution in [3.63, 3.8) is 0 Å². The summed E-state index contributed by atoms with van der Waals surface area (Å²) in [6.45, 7) is 10.7. The lowest BCUT2D eigenvalue weighted by Crippen LogP contribution is -2.61. The minimum absolute atomic E-state index is 0.0225. The number of aliphatic carboxylic acids is 2. The number of likely N-dealkylation sites (tertiary alicyclic amines) is 1. The normalized spacial score (nSPS) is 16.6. The van der Waals surface area contributed by atoms with Gasteiger partial charge in [-0.3, -0.25) is 47.9 Å². The summed E-state index contributed by atoms with van der Waals surface area (Å²) in [6, 6.07) is -4.78. The third-order valence-corrected chi connectivity index (χ3v) is 10.6. The van der Waals surface area contributed by atoms with Gasteiger partial charge < -0.3 is 68.9 Å². The zero-order valence-corrected chi connectivity index (χ0v) is 38.8. The van der Waals surface area contributed by atoms with Gasteiger partial charge in [-0.2, -0.15) is 0 Å². The molecule has 0 bridgehead atoms. The van der Waals surface area contributed by atoms with Crippen LogP contribution in [0.3, 0.4) is 0 Å². The van der Waals surface area contributed by atoms with E-state index in [0.29, 0.717) is 12.0 Å². The lowest BCUT2D eigenvalue weighted by Gasteiger charge is -2.30. The van der Waals surface area contributed by atoms with Crippen molar-refractivity contribution in [2.75, 3.05) is 13.1 Å². The standard InChI is InChI=1S/C43H66N10O14/c1-20(2)15-29(43(66)67)50-39(62)28(18-33(57)58)48-38(61)27(17-31(45)55)49-41(64)34(21(3)4)52-42(65)35(22(5)6)51-40(63)30-9-8-14-53(30)32(56)19-46-36(59)23(7)47-37(60)26(44)16-24-10-12-25(54)13-11-24/h10-13,20-23,26-30,34-35,54H,8-9,14-19,44H2,1-7H3,(H2,45,55)(H,46,59)(H,47,60)(H,48,61)(H,49,64)(H,50,62)(H,51,63)(H,52,65)(H,57,58)(H,66,67). The van der Waals surface area contributed by atoms with Crippen LogP contribution in [0.5, 0.6) is 5.75 Å². The Morgan fingerprint density at radius 3 is 1.72 bits per heavy atom. The van der Waals surface area contributed by atoms with Crippen molar-refractivity contribution in [2.24, 2.45) is 29.2 Å². The average Bonchev–Trinajstić information content (AvgIpc) is 3.73. The summed E-state index contributed by atoms with van der Waals surface area (Å²) < 4.78 is 0. The lowest BCUT2D eigenvalue weighted by atomic mass is 9.98. The van der Waals surface area contributed by atoms with Gasteiger partial charge in [-0.1, -0.05) is 53.7 Å². The van der Waals surface area contributed by atoms with Crippen LogP contribution in [0.4, 0.5) is 0 Å². The number of phenols is 1. The number of benzene rings is 1. The molecule has 24 heteroatoms. The number of primary amides is 1. The first-order chi connectivity index (χ1) is 31.2. The number of hydrogen-bond acceptors (Lipinski definition) is 13. The molecule has 2 rings (SSSR count). The lowest BCUT2D eigenvalue weighted by molar-refractivity contribution is -0.144. The Kier molecular flexibility index (Phi) is 22.1. The summed E-state index contributed by atoms with van der Waals surface area (Å²) in [5.74, 6) is -12.3. The van der Waals surface area contributed by atoms with Crippen molar-refractivity contribution < 1.29 is 68.1 Å². The Bertz CT molecular complexity index is 1980. The Morgan fingerprint density at radius 1 is 0.672 bits per heavy atom. The predicted octanol–water partition coefficient (Wildman–Crippen LogP) is -2.91. The van der Waals surface area contributed by atoms with Gasteiger partial charge in [-0.15, -0.1) is 0 Å². The molecule has 1 aromatic carbocycles. The molecule has 8 unspecified atom stereocenters. The quantitative estimate of drug-likeness (QED) is 0.0443. The molecule has 0 spiro atoms. The molecule has 372 valence electrons. The van der Waals surface area contributed by atoms with Gasteiger partial charge in [0.25, 0.3) is 0 Å². The van der Waals surface area contributed by atoms with Gasteiger partial charge in [-0.05, 0) is 68.1 Å². The fraction of sp³-hybridized carbons (Fsp3) is 0.605. The number of hydrogen-bond donors (Lipinski definition) is 12. The molecular weight excluding hydrogens is 881 g/mol.